The molecule has 4 heteroatoms. The molecule has 0 aliphatic carbocycles. The van der Waals surface area contributed by atoms with Gasteiger partial charge in [0.1, 0.15) is 5.04 Å². The molecule has 0 fully saturated rings. The topological polar surface area (TPSA) is 12.4 Å². The summed E-state index contributed by atoms with van der Waals surface area (Å²) in [7, 11) is 0. The molecule has 1 heterocycles. The highest BCUT2D eigenvalue weighted by molar-refractivity contribution is 8.15. The first-order valence-corrected chi connectivity index (χ1v) is 11.8. The standard InChI is InChI=1S/C25H19NS3/c1-4-10-21(11-5-1)26-25(29-23-14-8-3-9-15-23)24(20-16-17-27-18-20)19-28-22-12-6-2-7-13-22/h1-19H/b24-19+,26-25?. The molecule has 0 saturated carbocycles. The molecule has 0 saturated heterocycles. The zero-order valence-electron chi connectivity index (χ0n) is 15.6. The normalized spacial score (nSPS) is 12.1. The van der Waals surface area contributed by atoms with Crippen LogP contribution < -0.4 is 0 Å². The van der Waals surface area contributed by atoms with E-state index >= 15 is 0 Å². The van der Waals surface area contributed by atoms with E-state index in [2.05, 4.69) is 70.8 Å². The van der Waals surface area contributed by atoms with E-state index in [4.69, 9.17) is 4.99 Å². The minimum absolute atomic E-state index is 0.955. The van der Waals surface area contributed by atoms with Crippen LogP contribution in [0, 0.1) is 0 Å². The lowest BCUT2D eigenvalue weighted by Crippen LogP contribution is -1.96. The smallest absolute Gasteiger partial charge is 0.110 e. The van der Waals surface area contributed by atoms with Crippen molar-refractivity contribution in [3.8, 4) is 0 Å². The Morgan fingerprint density at radius 2 is 1.34 bits per heavy atom. The minimum atomic E-state index is 0.955. The highest BCUT2D eigenvalue weighted by Crippen LogP contribution is 2.34. The van der Waals surface area contributed by atoms with Crippen LogP contribution in [0.25, 0.3) is 5.57 Å². The third-order valence-electron chi connectivity index (χ3n) is 4.06. The van der Waals surface area contributed by atoms with Crippen LogP contribution in [0.1, 0.15) is 5.56 Å². The van der Waals surface area contributed by atoms with E-state index < -0.39 is 0 Å². The van der Waals surface area contributed by atoms with Crippen molar-refractivity contribution in [2.75, 3.05) is 0 Å². The SMILES string of the molecule is C(/Sc1ccccc1)=C(\C(=Nc1ccccc1)Sc1ccccc1)c1ccsc1. The van der Waals surface area contributed by atoms with Gasteiger partial charge in [-0.1, -0.05) is 78.1 Å². The van der Waals surface area contributed by atoms with Crippen molar-refractivity contribution in [2.45, 2.75) is 9.79 Å². The molecule has 3 aromatic carbocycles. The van der Waals surface area contributed by atoms with E-state index in [-0.39, 0.29) is 0 Å². The summed E-state index contributed by atoms with van der Waals surface area (Å²) in [6.07, 6.45) is 0. The van der Waals surface area contributed by atoms with Gasteiger partial charge in [-0.3, -0.25) is 0 Å². The van der Waals surface area contributed by atoms with Gasteiger partial charge < -0.3 is 0 Å². The van der Waals surface area contributed by atoms with Crippen molar-refractivity contribution in [1.29, 1.82) is 0 Å². The lowest BCUT2D eigenvalue weighted by molar-refractivity contribution is 1.47. The molecule has 0 radical (unpaired) electrons. The molecule has 0 aliphatic heterocycles. The molecule has 29 heavy (non-hydrogen) atoms. The lowest BCUT2D eigenvalue weighted by Gasteiger charge is -2.11. The van der Waals surface area contributed by atoms with Gasteiger partial charge in [0.2, 0.25) is 0 Å². The largest absolute Gasteiger partial charge is 0.241 e. The first-order chi connectivity index (χ1) is 14.4. The van der Waals surface area contributed by atoms with Crippen LogP contribution in [0.15, 0.2) is 128 Å². The number of nitrogens with zero attached hydrogens (tertiary/aromatic N) is 1. The predicted molar refractivity (Wildman–Crippen MR) is 130 cm³/mol. The number of thioether (sulfide) groups is 2. The molecule has 0 spiro atoms. The van der Waals surface area contributed by atoms with E-state index in [9.17, 15) is 0 Å². The third kappa shape index (κ3) is 5.73. The van der Waals surface area contributed by atoms with Gasteiger partial charge in [-0.2, -0.15) is 11.3 Å². The monoisotopic (exact) mass is 429 g/mol. The van der Waals surface area contributed by atoms with Gasteiger partial charge in [0.05, 0.1) is 5.69 Å². The van der Waals surface area contributed by atoms with Gasteiger partial charge in [-0.25, -0.2) is 4.99 Å². The highest BCUT2D eigenvalue weighted by atomic mass is 32.2. The second kappa shape index (κ2) is 10.3. The van der Waals surface area contributed by atoms with Crippen LogP contribution in [0.3, 0.4) is 0 Å². The molecule has 4 aromatic rings. The van der Waals surface area contributed by atoms with Gasteiger partial charge in [-0.15, -0.1) is 0 Å². The van der Waals surface area contributed by atoms with Gasteiger partial charge in [0.15, 0.2) is 0 Å². The zero-order chi connectivity index (χ0) is 19.7. The van der Waals surface area contributed by atoms with E-state index in [1.807, 2.05) is 42.5 Å². The Bertz CT molecular complexity index is 1070. The van der Waals surface area contributed by atoms with E-state index in [1.54, 1.807) is 34.9 Å². The second-order valence-electron chi connectivity index (χ2n) is 6.14. The molecule has 0 N–H and O–H groups in total. The average molecular weight is 430 g/mol. The molecule has 0 unspecified atom stereocenters. The fourth-order valence-corrected chi connectivity index (χ4v) is 5.14. The quantitative estimate of drug-likeness (QED) is 0.173. The van der Waals surface area contributed by atoms with E-state index in [0.29, 0.717) is 0 Å². The summed E-state index contributed by atoms with van der Waals surface area (Å²) in [4.78, 5) is 7.41. The number of benzene rings is 3. The molecular weight excluding hydrogens is 410 g/mol. The molecule has 0 amide bonds. The maximum absolute atomic E-state index is 5.03. The van der Waals surface area contributed by atoms with Gasteiger partial charge in [0.25, 0.3) is 0 Å². The maximum atomic E-state index is 5.03. The number of hydrogen-bond acceptors (Lipinski definition) is 4. The fourth-order valence-electron chi connectivity index (χ4n) is 2.64. The lowest BCUT2D eigenvalue weighted by atomic mass is 10.2. The van der Waals surface area contributed by atoms with Crippen LogP contribution in [0.5, 0.6) is 0 Å². The second-order valence-corrected chi connectivity index (χ2v) is 8.93. The Labute approximate surface area is 184 Å². The Morgan fingerprint density at radius 1 is 0.724 bits per heavy atom. The van der Waals surface area contributed by atoms with Crippen LogP contribution in [-0.4, -0.2) is 5.04 Å². The molecule has 0 bridgehead atoms. The van der Waals surface area contributed by atoms with Crippen molar-refractivity contribution < 1.29 is 0 Å². The minimum Gasteiger partial charge on any atom is -0.241 e. The summed E-state index contributed by atoms with van der Waals surface area (Å²) < 4.78 is 0. The Morgan fingerprint density at radius 3 is 1.97 bits per heavy atom. The van der Waals surface area contributed by atoms with Gasteiger partial charge in [0, 0.05) is 15.4 Å². The first kappa shape index (κ1) is 19.8. The maximum Gasteiger partial charge on any atom is 0.110 e. The summed E-state index contributed by atoms with van der Waals surface area (Å²) >= 11 is 5.13. The van der Waals surface area contributed by atoms with Crippen LogP contribution in [-0.2, 0) is 0 Å². The Kier molecular flexibility index (Phi) is 7.03. The third-order valence-corrected chi connectivity index (χ3v) is 6.66. The van der Waals surface area contributed by atoms with Crippen LogP contribution >= 0.6 is 34.9 Å². The number of thiophene rings is 1. The molecule has 4 rings (SSSR count). The number of hydrogen-bond donors (Lipinski definition) is 0. The molecule has 1 nitrogen and oxygen atoms in total. The number of para-hydroxylation sites is 1. The van der Waals surface area contributed by atoms with Gasteiger partial charge >= 0.3 is 0 Å². The van der Waals surface area contributed by atoms with Crippen molar-refractivity contribution in [1.82, 2.24) is 0 Å². The average Bonchev–Trinajstić information content (AvgIpc) is 3.31. The summed E-state index contributed by atoms with van der Waals surface area (Å²) in [5.41, 5.74) is 3.28. The van der Waals surface area contributed by atoms with E-state index in [0.717, 1.165) is 16.3 Å². The van der Waals surface area contributed by atoms with Crippen molar-refractivity contribution in [3.63, 3.8) is 0 Å². The highest BCUT2D eigenvalue weighted by Gasteiger charge is 2.13. The van der Waals surface area contributed by atoms with E-state index in [1.165, 1.54) is 15.4 Å². The van der Waals surface area contributed by atoms with Crippen LogP contribution in [0.4, 0.5) is 5.69 Å². The summed E-state index contributed by atoms with van der Waals surface area (Å²) in [5, 5.41) is 7.51. The number of aliphatic imine (C=N–C) groups is 1. The summed E-state index contributed by atoms with van der Waals surface area (Å²) in [6.45, 7) is 0. The molecule has 142 valence electrons. The summed E-state index contributed by atoms with van der Waals surface area (Å²) in [6, 6.07) is 33.2. The Hall–Kier alpha value is -2.53. The summed E-state index contributed by atoms with van der Waals surface area (Å²) in [5.74, 6) is 0. The van der Waals surface area contributed by atoms with Crippen molar-refractivity contribution in [2.24, 2.45) is 4.99 Å². The Balaban J connectivity index is 1.76. The molecule has 0 atom stereocenters. The fraction of sp³-hybridized carbons (Fsp3) is 0. The van der Waals surface area contributed by atoms with Crippen LogP contribution in [0.2, 0.25) is 0 Å². The van der Waals surface area contributed by atoms with Crippen molar-refractivity contribution >= 4 is 51.2 Å². The zero-order valence-corrected chi connectivity index (χ0v) is 18.1. The first-order valence-electron chi connectivity index (χ1n) is 9.20. The predicted octanol–water partition coefficient (Wildman–Crippen LogP) is 8.40. The van der Waals surface area contributed by atoms with Gasteiger partial charge in [-0.05, 0) is 64.2 Å². The molecule has 1 aromatic heterocycles. The molecule has 0 aliphatic rings. The molecular formula is C25H19NS3. The van der Waals surface area contributed by atoms with Crippen molar-refractivity contribution in [3.05, 3.63) is 119 Å². The number of rotatable bonds is 6.